The monoisotopic (exact) mass is 412 g/mol. The molecule has 1 aromatic rings. The van der Waals surface area contributed by atoms with Gasteiger partial charge in [-0.3, -0.25) is 14.6 Å². The first-order valence-electron chi connectivity index (χ1n) is 6.92. The van der Waals surface area contributed by atoms with Crippen LogP contribution in [0.25, 0.3) is 0 Å². The minimum absolute atomic E-state index is 0.103. The summed E-state index contributed by atoms with van der Waals surface area (Å²) in [6, 6.07) is 1.76. The normalized spacial score (nSPS) is 19.0. The number of piperidine rings is 1. The van der Waals surface area contributed by atoms with Gasteiger partial charge in [0.2, 0.25) is 11.6 Å². The molecule has 3 rings (SSSR count). The summed E-state index contributed by atoms with van der Waals surface area (Å²) in [7, 11) is 0. The molecule has 0 atom stereocenters. The van der Waals surface area contributed by atoms with Crippen LogP contribution in [-0.2, 0) is 5.33 Å². The number of rotatable bonds is 2. The molecule has 0 saturated carbocycles. The lowest BCUT2D eigenvalue weighted by Crippen LogP contribution is -2.36. The van der Waals surface area contributed by atoms with E-state index in [0.29, 0.717) is 21.1 Å². The minimum Gasteiger partial charge on any atom is -0.367 e. The number of likely N-dealkylation sites (tertiary alicyclic amines) is 1. The molecular weight excluding hydrogens is 400 g/mol. The number of hydrogen-bond donors (Lipinski definition) is 0. The van der Waals surface area contributed by atoms with Crippen molar-refractivity contribution in [3.05, 3.63) is 39.3 Å². The molecule has 1 aromatic heterocycles. The van der Waals surface area contributed by atoms with E-state index in [2.05, 4.69) is 36.8 Å². The molecule has 0 radical (unpaired) electrons. The standard InChI is InChI=1S/C15H14Br2N2O2/c16-7-9-6-10-12(18-8-9)15(21)11(17)13(14(10)20)19-4-2-1-3-5-19/h6,8H,1-5,7H2. The van der Waals surface area contributed by atoms with Crippen molar-refractivity contribution in [2.75, 3.05) is 13.1 Å². The molecule has 6 heteroatoms. The molecule has 0 aromatic carbocycles. The number of aromatic nitrogens is 1. The molecule has 0 spiro atoms. The van der Waals surface area contributed by atoms with Crippen LogP contribution in [0.5, 0.6) is 0 Å². The highest BCUT2D eigenvalue weighted by molar-refractivity contribution is 9.12. The SMILES string of the molecule is O=C1C(N2CCCCC2)=C(Br)C(=O)c2ncc(CBr)cc21. The van der Waals surface area contributed by atoms with Gasteiger partial charge in [-0.1, -0.05) is 15.9 Å². The summed E-state index contributed by atoms with van der Waals surface area (Å²) in [5.74, 6) is -0.306. The Balaban J connectivity index is 2.07. The topological polar surface area (TPSA) is 50.3 Å². The van der Waals surface area contributed by atoms with E-state index in [9.17, 15) is 9.59 Å². The molecule has 0 N–H and O–H groups in total. The summed E-state index contributed by atoms with van der Waals surface area (Å²) >= 11 is 6.68. The van der Waals surface area contributed by atoms with Crippen LogP contribution >= 0.6 is 31.9 Å². The van der Waals surface area contributed by atoms with E-state index < -0.39 is 0 Å². The third-order valence-electron chi connectivity index (χ3n) is 3.85. The van der Waals surface area contributed by atoms with Gasteiger partial charge in [-0.05, 0) is 46.8 Å². The largest absolute Gasteiger partial charge is 0.367 e. The zero-order valence-corrected chi connectivity index (χ0v) is 14.5. The van der Waals surface area contributed by atoms with E-state index in [1.807, 2.05) is 4.90 Å². The fourth-order valence-corrected chi connectivity index (χ4v) is 3.70. The van der Waals surface area contributed by atoms with Crippen molar-refractivity contribution >= 4 is 43.4 Å². The first kappa shape index (κ1) is 14.9. The van der Waals surface area contributed by atoms with Gasteiger partial charge >= 0.3 is 0 Å². The van der Waals surface area contributed by atoms with Gasteiger partial charge in [-0.25, -0.2) is 0 Å². The number of carbonyl (C=O) groups excluding carboxylic acids is 2. The Morgan fingerprint density at radius 1 is 1.14 bits per heavy atom. The Labute approximate surface area is 139 Å². The minimum atomic E-state index is -0.203. The zero-order valence-electron chi connectivity index (χ0n) is 11.4. The maximum absolute atomic E-state index is 12.8. The average molecular weight is 414 g/mol. The van der Waals surface area contributed by atoms with Gasteiger partial charge in [-0.15, -0.1) is 0 Å². The molecule has 0 amide bonds. The number of allylic oxidation sites excluding steroid dienone is 2. The van der Waals surface area contributed by atoms with Crippen LogP contribution in [0, 0.1) is 0 Å². The van der Waals surface area contributed by atoms with E-state index in [-0.39, 0.29) is 17.3 Å². The molecule has 21 heavy (non-hydrogen) atoms. The molecule has 4 nitrogen and oxygen atoms in total. The van der Waals surface area contributed by atoms with Gasteiger partial charge in [0.25, 0.3) is 0 Å². The van der Waals surface area contributed by atoms with Crippen molar-refractivity contribution < 1.29 is 9.59 Å². The first-order valence-corrected chi connectivity index (χ1v) is 8.84. The van der Waals surface area contributed by atoms with Crippen LogP contribution in [0.1, 0.15) is 45.7 Å². The van der Waals surface area contributed by atoms with Crippen molar-refractivity contribution in [1.82, 2.24) is 9.88 Å². The Hall–Kier alpha value is -1.01. The number of nitrogens with zero attached hydrogens (tertiary/aromatic N) is 2. The number of Topliss-reactive ketones (excluding diaryl/α,β-unsaturated/α-hetero) is 2. The Morgan fingerprint density at radius 3 is 2.52 bits per heavy atom. The second kappa shape index (κ2) is 6.01. The van der Waals surface area contributed by atoms with Gasteiger partial charge in [0.05, 0.1) is 10.0 Å². The molecule has 110 valence electrons. The summed E-state index contributed by atoms with van der Waals surface area (Å²) in [5.41, 5.74) is 2.06. The molecule has 1 saturated heterocycles. The van der Waals surface area contributed by atoms with E-state index in [4.69, 9.17) is 0 Å². The van der Waals surface area contributed by atoms with Crippen LogP contribution < -0.4 is 0 Å². The number of carbonyl (C=O) groups is 2. The molecule has 0 bridgehead atoms. The number of alkyl halides is 1. The van der Waals surface area contributed by atoms with Crippen molar-refractivity contribution in [2.45, 2.75) is 24.6 Å². The third kappa shape index (κ3) is 2.59. The summed E-state index contributed by atoms with van der Waals surface area (Å²) in [5, 5.41) is 0.610. The van der Waals surface area contributed by atoms with E-state index in [1.54, 1.807) is 12.3 Å². The highest BCUT2D eigenvalue weighted by Gasteiger charge is 2.35. The third-order valence-corrected chi connectivity index (χ3v) is 5.24. The Kier molecular flexibility index (Phi) is 4.26. The number of hydrogen-bond acceptors (Lipinski definition) is 4. The van der Waals surface area contributed by atoms with Crippen LogP contribution in [0.4, 0.5) is 0 Å². The molecule has 0 unspecified atom stereocenters. The second-order valence-corrected chi connectivity index (χ2v) is 6.60. The van der Waals surface area contributed by atoms with Gasteiger partial charge in [0.15, 0.2) is 0 Å². The van der Waals surface area contributed by atoms with Crippen molar-refractivity contribution in [1.29, 1.82) is 0 Å². The van der Waals surface area contributed by atoms with Crippen LogP contribution in [0.3, 0.4) is 0 Å². The Morgan fingerprint density at radius 2 is 1.86 bits per heavy atom. The number of halogens is 2. The van der Waals surface area contributed by atoms with E-state index >= 15 is 0 Å². The molecule has 2 aliphatic rings. The van der Waals surface area contributed by atoms with Gasteiger partial charge in [0, 0.05) is 24.6 Å². The van der Waals surface area contributed by atoms with Gasteiger partial charge in [-0.2, -0.15) is 0 Å². The summed E-state index contributed by atoms with van der Waals surface area (Å²) < 4.78 is 0.348. The highest BCUT2D eigenvalue weighted by atomic mass is 79.9. The predicted molar refractivity (Wildman–Crippen MR) is 86.9 cm³/mol. The second-order valence-electron chi connectivity index (χ2n) is 5.24. The van der Waals surface area contributed by atoms with Crippen molar-refractivity contribution in [2.24, 2.45) is 0 Å². The number of ketones is 2. The van der Waals surface area contributed by atoms with Crippen LogP contribution in [-0.4, -0.2) is 34.5 Å². The van der Waals surface area contributed by atoms with Gasteiger partial charge < -0.3 is 4.90 Å². The average Bonchev–Trinajstić information content (AvgIpc) is 2.53. The van der Waals surface area contributed by atoms with Crippen molar-refractivity contribution in [3.8, 4) is 0 Å². The maximum atomic E-state index is 12.8. The smallest absolute Gasteiger partial charge is 0.221 e. The molecule has 2 heterocycles. The highest BCUT2D eigenvalue weighted by Crippen LogP contribution is 2.32. The Bertz CT molecular complexity index is 649. The van der Waals surface area contributed by atoms with Crippen LogP contribution in [0.15, 0.2) is 22.4 Å². The summed E-state index contributed by atoms with van der Waals surface area (Å²) in [4.78, 5) is 31.5. The lowest BCUT2D eigenvalue weighted by molar-refractivity contribution is 0.0938. The zero-order chi connectivity index (χ0) is 15.0. The van der Waals surface area contributed by atoms with Crippen LogP contribution in [0.2, 0.25) is 0 Å². The predicted octanol–water partition coefficient (Wildman–Crippen LogP) is 3.45. The van der Waals surface area contributed by atoms with E-state index in [0.717, 1.165) is 31.5 Å². The first-order chi connectivity index (χ1) is 10.1. The lowest BCUT2D eigenvalue weighted by atomic mass is 9.94. The maximum Gasteiger partial charge on any atom is 0.221 e. The molecule has 1 fully saturated rings. The molecule has 1 aliphatic heterocycles. The fraction of sp³-hybridized carbons (Fsp3) is 0.400. The molecular formula is C15H14Br2N2O2. The summed E-state index contributed by atoms with van der Waals surface area (Å²) in [6.45, 7) is 1.65. The van der Waals surface area contributed by atoms with Crippen molar-refractivity contribution in [3.63, 3.8) is 0 Å². The fourth-order valence-electron chi connectivity index (χ4n) is 2.77. The van der Waals surface area contributed by atoms with Gasteiger partial charge in [0.1, 0.15) is 11.4 Å². The number of fused-ring (bicyclic) bond motifs is 1. The number of pyridine rings is 1. The van der Waals surface area contributed by atoms with E-state index in [1.165, 1.54) is 6.42 Å². The lowest BCUT2D eigenvalue weighted by Gasteiger charge is -2.32. The quantitative estimate of drug-likeness (QED) is 0.696. The summed E-state index contributed by atoms with van der Waals surface area (Å²) in [6.07, 6.45) is 4.91. The molecule has 1 aliphatic carbocycles.